The molecule has 0 radical (unpaired) electrons. The molecular weight excluding hydrogens is 266 g/mol. The van der Waals surface area contributed by atoms with Crippen LogP contribution in [0.25, 0.3) is 0 Å². The van der Waals surface area contributed by atoms with Crippen molar-refractivity contribution in [1.82, 2.24) is 4.90 Å². The minimum absolute atomic E-state index is 0.000608. The Kier molecular flexibility index (Phi) is 6.92. The number of ketones is 1. The summed E-state index contributed by atoms with van der Waals surface area (Å²) >= 11 is 0. The molecule has 0 aromatic heterocycles. The van der Waals surface area contributed by atoms with Gasteiger partial charge in [0.05, 0.1) is 0 Å². The van der Waals surface area contributed by atoms with Gasteiger partial charge in [-0.15, -0.1) is 0 Å². The molecule has 21 heavy (non-hydrogen) atoms. The average molecular weight is 291 g/mol. The molecule has 116 valence electrons. The van der Waals surface area contributed by atoms with Crippen LogP contribution in [0.2, 0.25) is 0 Å². The molecule has 1 unspecified atom stereocenters. The molecule has 0 fully saturated rings. The third kappa shape index (κ3) is 5.58. The van der Waals surface area contributed by atoms with Gasteiger partial charge in [0.1, 0.15) is 11.5 Å². The van der Waals surface area contributed by atoms with E-state index >= 15 is 0 Å². The Morgan fingerprint density at radius 2 is 1.71 bits per heavy atom. The summed E-state index contributed by atoms with van der Waals surface area (Å²) in [6.45, 7) is 8.65. The Morgan fingerprint density at radius 3 is 2.19 bits per heavy atom. The van der Waals surface area contributed by atoms with Crippen molar-refractivity contribution < 1.29 is 14.3 Å². The number of nitrogens with zero attached hydrogens (tertiary/aromatic N) is 1. The van der Waals surface area contributed by atoms with Gasteiger partial charge in [-0.3, -0.25) is 4.79 Å². The van der Waals surface area contributed by atoms with E-state index < -0.39 is 6.10 Å². The normalized spacial score (nSPS) is 11.8. The SMILES string of the molecule is CCN(CC)C(=O)C(C)Oc1ccc(CCC(C)=O)cc1. The fraction of sp³-hybridized carbons (Fsp3) is 0.529. The first-order valence-electron chi connectivity index (χ1n) is 7.51. The quantitative estimate of drug-likeness (QED) is 0.740. The number of Topliss-reactive ketones (excluding diaryl/α,β-unsaturated/α-hetero) is 1. The third-order valence-electron chi connectivity index (χ3n) is 3.42. The lowest BCUT2D eigenvalue weighted by molar-refractivity contribution is -0.137. The molecule has 1 atom stereocenters. The maximum atomic E-state index is 12.1. The van der Waals surface area contributed by atoms with E-state index in [0.717, 1.165) is 12.0 Å². The molecule has 0 aliphatic carbocycles. The van der Waals surface area contributed by atoms with Crippen LogP contribution >= 0.6 is 0 Å². The fourth-order valence-corrected chi connectivity index (χ4v) is 2.10. The zero-order valence-electron chi connectivity index (χ0n) is 13.4. The van der Waals surface area contributed by atoms with Gasteiger partial charge in [0.2, 0.25) is 0 Å². The van der Waals surface area contributed by atoms with Crippen molar-refractivity contribution in [1.29, 1.82) is 0 Å². The van der Waals surface area contributed by atoms with Crippen molar-refractivity contribution in [2.75, 3.05) is 13.1 Å². The number of hydrogen-bond acceptors (Lipinski definition) is 3. The van der Waals surface area contributed by atoms with E-state index in [1.54, 1.807) is 18.7 Å². The molecule has 0 aliphatic heterocycles. The zero-order chi connectivity index (χ0) is 15.8. The lowest BCUT2D eigenvalue weighted by atomic mass is 10.1. The summed E-state index contributed by atoms with van der Waals surface area (Å²) in [5.41, 5.74) is 1.10. The van der Waals surface area contributed by atoms with Crippen molar-refractivity contribution in [2.24, 2.45) is 0 Å². The molecular formula is C17H25NO3. The van der Waals surface area contributed by atoms with E-state index in [1.807, 2.05) is 38.1 Å². The molecule has 0 saturated carbocycles. The van der Waals surface area contributed by atoms with Crippen molar-refractivity contribution in [3.8, 4) is 5.75 Å². The van der Waals surface area contributed by atoms with Crippen LogP contribution in [-0.4, -0.2) is 35.8 Å². The van der Waals surface area contributed by atoms with Gasteiger partial charge in [0.15, 0.2) is 6.10 Å². The Morgan fingerprint density at radius 1 is 1.14 bits per heavy atom. The third-order valence-corrected chi connectivity index (χ3v) is 3.42. The van der Waals surface area contributed by atoms with Crippen LogP contribution in [0.3, 0.4) is 0 Å². The molecule has 0 heterocycles. The molecule has 0 bridgehead atoms. The number of amides is 1. The van der Waals surface area contributed by atoms with Gasteiger partial charge >= 0.3 is 0 Å². The highest BCUT2D eigenvalue weighted by molar-refractivity contribution is 5.80. The number of carbonyl (C=O) groups is 2. The molecule has 0 spiro atoms. The Hall–Kier alpha value is -1.84. The second kappa shape index (κ2) is 8.45. The lowest BCUT2D eigenvalue weighted by Crippen LogP contribution is -2.40. The minimum atomic E-state index is -0.493. The second-order valence-corrected chi connectivity index (χ2v) is 5.12. The number of rotatable bonds is 8. The van der Waals surface area contributed by atoms with Gasteiger partial charge in [0, 0.05) is 19.5 Å². The van der Waals surface area contributed by atoms with E-state index in [1.165, 1.54) is 0 Å². The molecule has 0 N–H and O–H groups in total. The highest BCUT2D eigenvalue weighted by atomic mass is 16.5. The molecule has 1 aromatic carbocycles. The van der Waals surface area contributed by atoms with Gasteiger partial charge < -0.3 is 14.4 Å². The number of carbonyl (C=O) groups excluding carboxylic acids is 2. The molecule has 0 aliphatic rings. The van der Waals surface area contributed by atoms with Crippen LogP contribution in [0.5, 0.6) is 5.75 Å². The summed E-state index contributed by atoms with van der Waals surface area (Å²) in [6, 6.07) is 7.57. The first-order chi connectivity index (χ1) is 9.97. The molecule has 4 nitrogen and oxygen atoms in total. The number of benzene rings is 1. The van der Waals surface area contributed by atoms with Crippen LogP contribution in [0, 0.1) is 0 Å². The lowest BCUT2D eigenvalue weighted by Gasteiger charge is -2.23. The van der Waals surface area contributed by atoms with E-state index in [2.05, 4.69) is 0 Å². The van der Waals surface area contributed by atoms with Gasteiger partial charge in [0.25, 0.3) is 5.91 Å². The Bertz CT molecular complexity index is 463. The Balaban J connectivity index is 2.58. The van der Waals surface area contributed by atoms with E-state index in [4.69, 9.17) is 4.74 Å². The van der Waals surface area contributed by atoms with Crippen molar-refractivity contribution in [3.05, 3.63) is 29.8 Å². The Labute approximate surface area is 127 Å². The maximum absolute atomic E-state index is 12.1. The fourth-order valence-electron chi connectivity index (χ4n) is 2.10. The van der Waals surface area contributed by atoms with E-state index in [0.29, 0.717) is 25.3 Å². The highest BCUT2D eigenvalue weighted by Gasteiger charge is 2.19. The molecule has 4 heteroatoms. The standard InChI is InChI=1S/C17H25NO3/c1-5-18(6-2)17(20)14(4)21-16-11-9-15(10-12-16)8-7-13(3)19/h9-12,14H,5-8H2,1-4H3. The summed E-state index contributed by atoms with van der Waals surface area (Å²) < 4.78 is 5.68. The van der Waals surface area contributed by atoms with E-state index in [9.17, 15) is 9.59 Å². The summed E-state index contributed by atoms with van der Waals surface area (Å²) in [6.07, 6.45) is 0.800. The monoisotopic (exact) mass is 291 g/mol. The molecule has 0 saturated heterocycles. The predicted molar refractivity (Wildman–Crippen MR) is 83.5 cm³/mol. The summed E-state index contributed by atoms with van der Waals surface area (Å²) in [4.78, 5) is 24.8. The number of likely N-dealkylation sites (N-methyl/N-ethyl adjacent to an activating group) is 1. The first-order valence-corrected chi connectivity index (χ1v) is 7.51. The van der Waals surface area contributed by atoms with Gasteiger partial charge in [-0.25, -0.2) is 0 Å². The van der Waals surface area contributed by atoms with Crippen LogP contribution in [-0.2, 0) is 16.0 Å². The second-order valence-electron chi connectivity index (χ2n) is 5.12. The molecule has 1 amide bonds. The largest absolute Gasteiger partial charge is 0.481 e. The maximum Gasteiger partial charge on any atom is 0.263 e. The van der Waals surface area contributed by atoms with Gasteiger partial charge in [-0.05, 0) is 51.8 Å². The van der Waals surface area contributed by atoms with Crippen molar-refractivity contribution in [2.45, 2.75) is 46.6 Å². The predicted octanol–water partition coefficient (Wildman–Crippen LogP) is 2.84. The van der Waals surface area contributed by atoms with Crippen LogP contribution in [0.15, 0.2) is 24.3 Å². The average Bonchev–Trinajstić information content (AvgIpc) is 2.47. The molecule has 1 rings (SSSR count). The van der Waals surface area contributed by atoms with Crippen molar-refractivity contribution >= 4 is 11.7 Å². The first kappa shape index (κ1) is 17.2. The summed E-state index contributed by atoms with van der Waals surface area (Å²) in [7, 11) is 0. The van der Waals surface area contributed by atoms with Gasteiger partial charge in [-0.2, -0.15) is 0 Å². The minimum Gasteiger partial charge on any atom is -0.481 e. The zero-order valence-corrected chi connectivity index (χ0v) is 13.4. The van der Waals surface area contributed by atoms with E-state index in [-0.39, 0.29) is 11.7 Å². The van der Waals surface area contributed by atoms with Crippen LogP contribution < -0.4 is 4.74 Å². The number of aryl methyl sites for hydroxylation is 1. The summed E-state index contributed by atoms with van der Waals surface area (Å²) in [5, 5.41) is 0. The summed E-state index contributed by atoms with van der Waals surface area (Å²) in [5.74, 6) is 0.865. The van der Waals surface area contributed by atoms with Gasteiger partial charge in [-0.1, -0.05) is 12.1 Å². The molecule has 1 aromatic rings. The highest BCUT2D eigenvalue weighted by Crippen LogP contribution is 2.16. The topological polar surface area (TPSA) is 46.6 Å². The number of ether oxygens (including phenoxy) is 1. The van der Waals surface area contributed by atoms with Crippen LogP contribution in [0.4, 0.5) is 0 Å². The number of hydrogen-bond donors (Lipinski definition) is 0. The van der Waals surface area contributed by atoms with Crippen molar-refractivity contribution in [3.63, 3.8) is 0 Å². The van der Waals surface area contributed by atoms with Crippen LogP contribution in [0.1, 0.15) is 39.7 Å². The smallest absolute Gasteiger partial charge is 0.263 e.